The molecule has 0 amide bonds. The van der Waals surface area contributed by atoms with Gasteiger partial charge >= 0.3 is 0 Å². The maximum Gasteiger partial charge on any atom is 0.0869 e. The van der Waals surface area contributed by atoms with Crippen molar-refractivity contribution in [3.63, 3.8) is 0 Å². The average molecular weight is 566 g/mol. The summed E-state index contributed by atoms with van der Waals surface area (Å²) in [6, 6.07) is 0.346. The zero-order chi connectivity index (χ0) is 29.2. The van der Waals surface area contributed by atoms with Gasteiger partial charge in [-0.05, 0) is 25.7 Å². The predicted octanol–water partition coefficient (Wildman–Crippen LogP) is 12.7. The summed E-state index contributed by atoms with van der Waals surface area (Å²) in [5, 5.41) is 12.6. The van der Waals surface area contributed by atoms with E-state index in [2.05, 4.69) is 13.8 Å². The topological polar surface area (TPSA) is 27.5 Å². The first-order chi connectivity index (χ1) is 19.7. The van der Waals surface area contributed by atoms with Crippen molar-refractivity contribution in [2.24, 2.45) is 0 Å². The van der Waals surface area contributed by atoms with Crippen LogP contribution in [0.15, 0.2) is 0 Å². The quantitative estimate of drug-likeness (QED) is 0.0600. The van der Waals surface area contributed by atoms with Crippen molar-refractivity contribution < 1.29 is 5.06 Å². The minimum Gasteiger partial charge on any atom is -0.634 e. The molecule has 0 aromatic carbocycles. The van der Waals surface area contributed by atoms with Gasteiger partial charge < -0.3 is 10.3 Å². The summed E-state index contributed by atoms with van der Waals surface area (Å²) < 4.78 is 0. The summed E-state index contributed by atoms with van der Waals surface area (Å²) in [4.78, 5) is 0. The van der Waals surface area contributed by atoms with Crippen LogP contribution < -0.4 is 5.06 Å². The molecule has 0 saturated carbocycles. The molecule has 2 nitrogen and oxygen atoms in total. The van der Waals surface area contributed by atoms with Gasteiger partial charge in [-0.15, -0.1) is 0 Å². The molecule has 2 heteroatoms. The molecule has 1 atom stereocenters. The molecular weight excluding hydrogens is 486 g/mol. The van der Waals surface area contributed by atoms with E-state index in [9.17, 15) is 5.21 Å². The molecular formula is C38H79NO. The largest absolute Gasteiger partial charge is 0.634 e. The van der Waals surface area contributed by atoms with Crippen LogP contribution in [-0.2, 0) is 0 Å². The van der Waals surface area contributed by atoms with Crippen LogP contribution in [0.1, 0.15) is 232 Å². The molecule has 0 fully saturated rings. The highest BCUT2D eigenvalue weighted by Gasteiger charge is 2.12. The number of hydrogen-bond donors (Lipinski definition) is 1. The molecule has 0 heterocycles. The van der Waals surface area contributed by atoms with E-state index in [4.69, 9.17) is 0 Å². The fourth-order valence-electron chi connectivity index (χ4n) is 6.43. The van der Waals surface area contributed by atoms with Gasteiger partial charge in [0.2, 0.25) is 0 Å². The highest BCUT2D eigenvalue weighted by atomic mass is 16.5. The number of quaternary nitrogens is 1. The molecule has 0 aliphatic rings. The molecule has 0 aromatic rings. The maximum absolute atomic E-state index is 12.1. The number of hydroxylamine groups is 2. The fraction of sp³-hybridized carbons (Fsp3) is 1.00. The van der Waals surface area contributed by atoms with Crippen molar-refractivity contribution in [3.8, 4) is 0 Å². The second kappa shape index (κ2) is 35.1. The van der Waals surface area contributed by atoms with E-state index < -0.39 is 0 Å². The molecule has 0 aromatic heterocycles. The van der Waals surface area contributed by atoms with Crippen LogP contribution in [0.3, 0.4) is 0 Å². The molecule has 242 valence electrons. The lowest BCUT2D eigenvalue weighted by Gasteiger charge is -2.28. The van der Waals surface area contributed by atoms with E-state index in [1.54, 1.807) is 0 Å². The van der Waals surface area contributed by atoms with Crippen LogP contribution in [0, 0.1) is 5.21 Å². The SMILES string of the molecule is CCCCCCCCCCCCCCCCCCC(CCCCCCCCCCCCCCCCCC)[NH+](C)[O-]. The van der Waals surface area contributed by atoms with Crippen LogP contribution in [-0.4, -0.2) is 13.1 Å². The minimum atomic E-state index is 0.346. The van der Waals surface area contributed by atoms with Gasteiger partial charge in [-0.25, -0.2) is 0 Å². The Hall–Kier alpha value is -0.0800. The Morgan fingerprint density at radius 3 is 0.675 bits per heavy atom. The molecule has 0 radical (unpaired) electrons. The van der Waals surface area contributed by atoms with E-state index in [0.717, 1.165) is 12.8 Å². The average Bonchev–Trinajstić information content (AvgIpc) is 2.95. The third-order valence-electron chi connectivity index (χ3n) is 9.39. The molecule has 40 heavy (non-hydrogen) atoms. The van der Waals surface area contributed by atoms with Gasteiger partial charge in [-0.3, -0.25) is 0 Å². The first-order valence-electron chi connectivity index (χ1n) is 19.2. The highest BCUT2D eigenvalue weighted by molar-refractivity contribution is 4.59. The highest BCUT2D eigenvalue weighted by Crippen LogP contribution is 2.17. The monoisotopic (exact) mass is 566 g/mol. The van der Waals surface area contributed by atoms with Crippen molar-refractivity contribution in [2.75, 3.05) is 7.05 Å². The normalized spacial score (nSPS) is 12.5. The molecule has 0 spiro atoms. The second-order valence-electron chi connectivity index (χ2n) is 13.5. The van der Waals surface area contributed by atoms with Gasteiger partial charge in [0.1, 0.15) is 0 Å². The van der Waals surface area contributed by atoms with Crippen LogP contribution >= 0.6 is 0 Å². The molecule has 0 rings (SSSR count). The van der Waals surface area contributed by atoms with E-state index in [1.807, 2.05) is 7.05 Å². The second-order valence-corrected chi connectivity index (χ2v) is 13.5. The molecule has 1 unspecified atom stereocenters. The standard InChI is InChI=1S/C38H79NO/c1-4-6-8-10-12-14-16-18-20-22-24-26-28-30-32-34-36-38(39(3)40)37-35-33-31-29-27-25-23-21-19-17-15-13-11-9-7-5-2/h38-39H,4-37H2,1-3H3. The first kappa shape index (κ1) is 39.9. The maximum atomic E-state index is 12.1. The molecule has 0 bridgehead atoms. The Balaban J connectivity index is 3.37. The van der Waals surface area contributed by atoms with Crippen LogP contribution in [0.4, 0.5) is 0 Å². The van der Waals surface area contributed by atoms with Crippen molar-refractivity contribution in [2.45, 2.75) is 238 Å². The summed E-state index contributed by atoms with van der Waals surface area (Å²) in [5.41, 5.74) is 0. The summed E-state index contributed by atoms with van der Waals surface area (Å²) >= 11 is 0. The van der Waals surface area contributed by atoms with Crippen LogP contribution in [0.25, 0.3) is 0 Å². The Morgan fingerprint density at radius 2 is 0.500 bits per heavy atom. The predicted molar refractivity (Wildman–Crippen MR) is 182 cm³/mol. The van der Waals surface area contributed by atoms with Crippen LogP contribution in [0.5, 0.6) is 0 Å². The Bertz CT molecular complexity index is 401. The fourth-order valence-corrected chi connectivity index (χ4v) is 6.43. The number of nitrogens with one attached hydrogen (secondary N) is 1. The third kappa shape index (κ3) is 32.4. The van der Waals surface area contributed by atoms with Gasteiger partial charge in [-0.2, -0.15) is 0 Å². The van der Waals surface area contributed by atoms with Gasteiger partial charge in [0.05, 0.1) is 13.1 Å². The van der Waals surface area contributed by atoms with Gasteiger partial charge in [0.25, 0.3) is 0 Å². The van der Waals surface area contributed by atoms with Gasteiger partial charge in [0, 0.05) is 0 Å². The van der Waals surface area contributed by atoms with E-state index in [0.29, 0.717) is 11.1 Å². The van der Waals surface area contributed by atoms with Crippen molar-refractivity contribution >= 4 is 0 Å². The molecule has 0 saturated heterocycles. The summed E-state index contributed by atoms with van der Waals surface area (Å²) in [7, 11) is 1.84. The van der Waals surface area contributed by atoms with Crippen molar-refractivity contribution in [1.29, 1.82) is 0 Å². The number of hydrogen-bond acceptors (Lipinski definition) is 1. The lowest BCUT2D eigenvalue weighted by Crippen LogP contribution is -3.08. The molecule has 0 aliphatic carbocycles. The Kier molecular flexibility index (Phi) is 35.0. The van der Waals surface area contributed by atoms with Crippen molar-refractivity contribution in [1.82, 2.24) is 0 Å². The summed E-state index contributed by atoms with van der Waals surface area (Å²) in [6.07, 6.45) is 47.6. The lowest BCUT2D eigenvalue weighted by molar-refractivity contribution is -0.855. The Labute approximate surface area is 255 Å². The zero-order valence-corrected chi connectivity index (χ0v) is 28.5. The first-order valence-corrected chi connectivity index (χ1v) is 19.2. The summed E-state index contributed by atoms with van der Waals surface area (Å²) in [6.45, 7) is 4.60. The smallest absolute Gasteiger partial charge is 0.0869 e. The molecule has 1 N–H and O–H groups in total. The van der Waals surface area contributed by atoms with Crippen molar-refractivity contribution in [3.05, 3.63) is 5.21 Å². The Morgan fingerprint density at radius 1 is 0.325 bits per heavy atom. The van der Waals surface area contributed by atoms with Crippen LogP contribution in [0.2, 0.25) is 0 Å². The van der Waals surface area contributed by atoms with Gasteiger partial charge in [-0.1, -0.05) is 206 Å². The third-order valence-corrected chi connectivity index (χ3v) is 9.39. The lowest BCUT2D eigenvalue weighted by atomic mass is 9.99. The number of unbranched alkanes of at least 4 members (excludes halogenated alkanes) is 30. The molecule has 0 aliphatic heterocycles. The van der Waals surface area contributed by atoms with E-state index in [-0.39, 0.29) is 0 Å². The minimum absolute atomic E-state index is 0.346. The van der Waals surface area contributed by atoms with E-state index >= 15 is 0 Å². The summed E-state index contributed by atoms with van der Waals surface area (Å²) in [5.74, 6) is 0. The zero-order valence-electron chi connectivity index (χ0n) is 28.5. The van der Waals surface area contributed by atoms with Gasteiger partial charge in [0.15, 0.2) is 0 Å². The number of rotatable bonds is 35. The van der Waals surface area contributed by atoms with E-state index in [1.165, 1.54) is 205 Å².